The highest BCUT2D eigenvalue weighted by Crippen LogP contribution is 2.37. The molecule has 0 saturated heterocycles. The van der Waals surface area contributed by atoms with Crippen LogP contribution in [0.25, 0.3) is 0 Å². The molecule has 0 aliphatic heterocycles. The quantitative estimate of drug-likeness (QED) is 0.539. The van der Waals surface area contributed by atoms with Crippen LogP contribution in [0.5, 0.6) is 11.5 Å². The Kier molecular flexibility index (Phi) is 8.15. The first-order valence-corrected chi connectivity index (χ1v) is 9.64. The van der Waals surface area contributed by atoms with Crippen LogP contribution in [-0.2, 0) is 15.7 Å². The maximum absolute atomic E-state index is 13.1. The van der Waals surface area contributed by atoms with Crippen molar-refractivity contribution in [2.24, 2.45) is 0 Å². The molecule has 2 aromatic rings. The molecule has 1 atom stereocenters. The summed E-state index contributed by atoms with van der Waals surface area (Å²) in [5.41, 5.74) is -1.47. The minimum atomic E-state index is -4.65. The lowest BCUT2D eigenvalue weighted by Gasteiger charge is -2.17. The molecule has 1 N–H and O–H groups in total. The third-order valence-corrected chi connectivity index (χ3v) is 4.34. The van der Waals surface area contributed by atoms with Crippen LogP contribution in [-0.4, -0.2) is 31.7 Å². The van der Waals surface area contributed by atoms with E-state index in [1.807, 2.05) is 6.92 Å². The summed E-state index contributed by atoms with van der Waals surface area (Å²) >= 11 is 6.16. The molecular formula is C21H21ClF3NO5. The fourth-order valence-electron chi connectivity index (χ4n) is 2.54. The first-order chi connectivity index (χ1) is 14.6. The Bertz CT molecular complexity index is 949. The lowest BCUT2D eigenvalue weighted by molar-refractivity contribution is -0.137. The van der Waals surface area contributed by atoms with E-state index in [1.54, 1.807) is 0 Å². The average Bonchev–Trinajstić information content (AvgIpc) is 2.71. The second-order valence-corrected chi connectivity index (χ2v) is 6.83. The van der Waals surface area contributed by atoms with Crippen molar-refractivity contribution in [3.05, 3.63) is 52.5 Å². The Hall–Kier alpha value is -2.94. The van der Waals surface area contributed by atoms with Crippen LogP contribution in [0, 0.1) is 0 Å². The van der Waals surface area contributed by atoms with Crippen LogP contribution >= 0.6 is 11.6 Å². The van der Waals surface area contributed by atoms with Gasteiger partial charge in [-0.25, -0.2) is 4.79 Å². The van der Waals surface area contributed by atoms with Crippen LogP contribution in [0.1, 0.15) is 36.2 Å². The molecule has 168 valence electrons. The molecule has 0 spiro atoms. The molecule has 0 aromatic heterocycles. The maximum atomic E-state index is 13.1. The SMILES string of the molecule is CCCOc1c(Cl)cc(C(=O)OC(C)C(=O)Nc2ccccc2C(F)(F)F)cc1OC. The van der Waals surface area contributed by atoms with Gasteiger partial charge >= 0.3 is 12.1 Å². The van der Waals surface area contributed by atoms with Gasteiger partial charge in [-0.15, -0.1) is 0 Å². The molecule has 0 saturated carbocycles. The maximum Gasteiger partial charge on any atom is 0.418 e. The number of benzene rings is 2. The normalized spacial score (nSPS) is 12.1. The zero-order valence-electron chi connectivity index (χ0n) is 17.0. The molecule has 0 aliphatic rings. The molecule has 0 radical (unpaired) electrons. The lowest BCUT2D eigenvalue weighted by atomic mass is 10.1. The fourth-order valence-corrected chi connectivity index (χ4v) is 2.80. The topological polar surface area (TPSA) is 73.9 Å². The predicted molar refractivity (Wildman–Crippen MR) is 109 cm³/mol. The monoisotopic (exact) mass is 459 g/mol. The van der Waals surface area contributed by atoms with Gasteiger partial charge in [0.1, 0.15) is 0 Å². The largest absolute Gasteiger partial charge is 0.493 e. The van der Waals surface area contributed by atoms with E-state index in [9.17, 15) is 22.8 Å². The number of rotatable bonds is 8. The van der Waals surface area contributed by atoms with Crippen molar-refractivity contribution in [3.63, 3.8) is 0 Å². The standard InChI is InChI=1S/C21H21ClF3NO5/c1-4-9-30-18-15(22)10-13(11-17(18)29-3)20(28)31-12(2)19(27)26-16-8-6-5-7-14(16)21(23,24)25/h5-8,10-12H,4,9H2,1-3H3,(H,26,27). The summed E-state index contributed by atoms with van der Waals surface area (Å²) in [6.07, 6.45) is -5.30. The molecule has 1 amide bonds. The molecular weight excluding hydrogens is 439 g/mol. The number of hydrogen-bond acceptors (Lipinski definition) is 5. The lowest BCUT2D eigenvalue weighted by Crippen LogP contribution is -2.30. The number of methoxy groups -OCH3 is 1. The summed E-state index contributed by atoms with van der Waals surface area (Å²) in [5.74, 6) is -1.37. The molecule has 1 unspecified atom stereocenters. The van der Waals surface area contributed by atoms with Gasteiger partial charge in [-0.05, 0) is 37.6 Å². The van der Waals surface area contributed by atoms with Crippen LogP contribution in [0.2, 0.25) is 5.02 Å². The number of carbonyl (C=O) groups excluding carboxylic acids is 2. The van der Waals surface area contributed by atoms with E-state index < -0.39 is 35.4 Å². The highest BCUT2D eigenvalue weighted by atomic mass is 35.5. The number of hydrogen-bond donors (Lipinski definition) is 1. The van der Waals surface area contributed by atoms with E-state index >= 15 is 0 Å². The number of nitrogens with one attached hydrogen (secondary N) is 1. The zero-order chi connectivity index (χ0) is 23.2. The Balaban J connectivity index is 2.14. The second kappa shape index (κ2) is 10.4. The van der Waals surface area contributed by atoms with Crippen molar-refractivity contribution >= 4 is 29.2 Å². The minimum Gasteiger partial charge on any atom is -0.493 e. The number of alkyl halides is 3. The smallest absolute Gasteiger partial charge is 0.418 e. The van der Waals surface area contributed by atoms with E-state index in [-0.39, 0.29) is 22.1 Å². The second-order valence-electron chi connectivity index (χ2n) is 6.42. The van der Waals surface area contributed by atoms with Gasteiger partial charge in [0.2, 0.25) is 0 Å². The number of esters is 1. The van der Waals surface area contributed by atoms with Gasteiger partial charge in [0.25, 0.3) is 5.91 Å². The van der Waals surface area contributed by atoms with Crippen LogP contribution < -0.4 is 14.8 Å². The molecule has 0 heterocycles. The molecule has 31 heavy (non-hydrogen) atoms. The Labute approximate surface area is 182 Å². The first kappa shape index (κ1) is 24.3. The number of halogens is 4. The Morgan fingerprint density at radius 2 is 1.87 bits per heavy atom. The number of ether oxygens (including phenoxy) is 3. The average molecular weight is 460 g/mol. The van der Waals surface area contributed by atoms with Crippen LogP contribution in [0.15, 0.2) is 36.4 Å². The van der Waals surface area contributed by atoms with E-state index in [0.717, 1.165) is 18.6 Å². The van der Waals surface area contributed by atoms with Gasteiger partial charge in [-0.2, -0.15) is 13.2 Å². The number of amides is 1. The predicted octanol–water partition coefficient (Wildman–Crippen LogP) is 5.34. The van der Waals surface area contributed by atoms with E-state index in [1.165, 1.54) is 38.3 Å². The molecule has 0 bridgehead atoms. The molecule has 6 nitrogen and oxygen atoms in total. The number of para-hydroxylation sites is 1. The van der Waals surface area contributed by atoms with E-state index in [4.69, 9.17) is 25.8 Å². The molecule has 2 aromatic carbocycles. The highest BCUT2D eigenvalue weighted by Gasteiger charge is 2.34. The van der Waals surface area contributed by atoms with Gasteiger partial charge in [0.05, 0.1) is 35.6 Å². The van der Waals surface area contributed by atoms with E-state index in [2.05, 4.69) is 5.32 Å². The van der Waals surface area contributed by atoms with Crippen LogP contribution in [0.3, 0.4) is 0 Å². The van der Waals surface area contributed by atoms with Crippen LogP contribution in [0.4, 0.5) is 18.9 Å². The van der Waals surface area contributed by atoms with Crippen molar-refractivity contribution in [2.75, 3.05) is 19.0 Å². The molecule has 10 heteroatoms. The number of carbonyl (C=O) groups is 2. The first-order valence-electron chi connectivity index (χ1n) is 9.26. The van der Waals surface area contributed by atoms with Gasteiger partial charge in [0, 0.05) is 0 Å². The third-order valence-electron chi connectivity index (χ3n) is 4.06. The minimum absolute atomic E-state index is 0.0129. The summed E-state index contributed by atoms with van der Waals surface area (Å²) in [6.45, 7) is 3.53. The third kappa shape index (κ3) is 6.27. The summed E-state index contributed by atoms with van der Waals surface area (Å²) < 4.78 is 55.0. The molecule has 2 rings (SSSR count). The fraction of sp³-hybridized carbons (Fsp3) is 0.333. The van der Waals surface area contributed by atoms with Gasteiger partial charge < -0.3 is 19.5 Å². The summed E-state index contributed by atoms with van der Waals surface area (Å²) in [6, 6.07) is 7.12. The zero-order valence-corrected chi connectivity index (χ0v) is 17.8. The summed E-state index contributed by atoms with van der Waals surface area (Å²) in [5, 5.41) is 2.24. The Morgan fingerprint density at radius 1 is 1.19 bits per heavy atom. The van der Waals surface area contributed by atoms with Gasteiger partial charge in [-0.3, -0.25) is 4.79 Å². The molecule has 0 aliphatic carbocycles. The Morgan fingerprint density at radius 3 is 2.48 bits per heavy atom. The summed E-state index contributed by atoms with van der Waals surface area (Å²) in [4.78, 5) is 24.7. The molecule has 0 fully saturated rings. The van der Waals surface area contributed by atoms with Gasteiger partial charge in [-0.1, -0.05) is 30.7 Å². The summed E-state index contributed by atoms with van der Waals surface area (Å²) in [7, 11) is 1.37. The van der Waals surface area contributed by atoms with Crippen molar-refractivity contribution in [1.82, 2.24) is 0 Å². The van der Waals surface area contributed by atoms with Crippen molar-refractivity contribution < 1.29 is 37.0 Å². The van der Waals surface area contributed by atoms with E-state index in [0.29, 0.717) is 6.61 Å². The highest BCUT2D eigenvalue weighted by molar-refractivity contribution is 6.32. The number of anilines is 1. The van der Waals surface area contributed by atoms with Crippen molar-refractivity contribution in [2.45, 2.75) is 32.5 Å². The van der Waals surface area contributed by atoms with Crippen molar-refractivity contribution in [3.8, 4) is 11.5 Å². The van der Waals surface area contributed by atoms with Gasteiger partial charge in [0.15, 0.2) is 17.6 Å². The van der Waals surface area contributed by atoms with Crippen molar-refractivity contribution in [1.29, 1.82) is 0 Å².